The molecule has 1 saturated carbocycles. The summed E-state index contributed by atoms with van der Waals surface area (Å²) in [5.41, 5.74) is 0. The van der Waals surface area contributed by atoms with Crippen molar-refractivity contribution in [3.05, 3.63) is 0 Å². The van der Waals surface area contributed by atoms with Crippen LogP contribution in [0.15, 0.2) is 5.10 Å². The fraction of sp³-hybridized carbons (Fsp3) is 0.857. The number of hydrogen-bond donors (Lipinski definition) is 2. The van der Waals surface area contributed by atoms with E-state index in [-0.39, 0.29) is 0 Å². The molecule has 0 heterocycles. The molecule has 0 bridgehead atoms. The molecule has 0 aliphatic heterocycles. The second-order valence-electron chi connectivity index (χ2n) is 3.28. The van der Waals surface area contributed by atoms with E-state index in [9.17, 15) is 0 Å². The molecular weight excluding hydrogens is 140 g/mol. The molecule has 4 heteroatoms. The summed E-state index contributed by atoms with van der Waals surface area (Å²) in [6.07, 6.45) is 2.34. The molecule has 0 saturated heterocycles. The summed E-state index contributed by atoms with van der Waals surface area (Å²) in [7, 11) is 0. The van der Waals surface area contributed by atoms with E-state index in [1.807, 2.05) is 13.8 Å². The van der Waals surface area contributed by atoms with Crippen molar-refractivity contribution in [1.82, 2.24) is 5.01 Å². The predicted molar refractivity (Wildman–Crippen MR) is 45.5 cm³/mol. The van der Waals surface area contributed by atoms with Gasteiger partial charge in [-0.1, -0.05) is 13.8 Å². The van der Waals surface area contributed by atoms with Crippen LogP contribution < -0.4 is 11.7 Å². The quantitative estimate of drug-likeness (QED) is 0.261. The Labute approximate surface area is 67.2 Å². The zero-order chi connectivity index (χ0) is 8.43. The summed E-state index contributed by atoms with van der Waals surface area (Å²) in [5, 5.41) is 5.37. The lowest BCUT2D eigenvalue weighted by molar-refractivity contribution is 0.406. The third kappa shape index (κ3) is 1.83. The monoisotopic (exact) mass is 156 g/mol. The Morgan fingerprint density at radius 2 is 2.09 bits per heavy atom. The van der Waals surface area contributed by atoms with E-state index in [2.05, 4.69) is 5.10 Å². The molecule has 0 radical (unpaired) electrons. The molecule has 1 aliphatic carbocycles. The number of amidine groups is 1. The number of rotatable bonds is 2. The molecule has 1 rings (SSSR count). The minimum atomic E-state index is 0.311. The van der Waals surface area contributed by atoms with Gasteiger partial charge in [-0.05, 0) is 12.8 Å². The third-order valence-electron chi connectivity index (χ3n) is 1.85. The Morgan fingerprint density at radius 3 is 2.36 bits per heavy atom. The molecule has 0 unspecified atom stereocenters. The van der Waals surface area contributed by atoms with Crippen LogP contribution >= 0.6 is 0 Å². The summed E-state index contributed by atoms with van der Waals surface area (Å²) in [4.78, 5) is 0. The second kappa shape index (κ2) is 3.09. The lowest BCUT2D eigenvalue weighted by Crippen LogP contribution is -2.42. The van der Waals surface area contributed by atoms with Gasteiger partial charge in [0.25, 0.3) is 0 Å². The number of hydrogen-bond acceptors (Lipinski definition) is 3. The van der Waals surface area contributed by atoms with Gasteiger partial charge in [0.1, 0.15) is 5.84 Å². The normalized spacial score (nSPS) is 19.1. The molecule has 11 heavy (non-hydrogen) atoms. The Kier molecular flexibility index (Phi) is 2.34. The van der Waals surface area contributed by atoms with Crippen LogP contribution in [0.5, 0.6) is 0 Å². The third-order valence-corrected chi connectivity index (χ3v) is 1.85. The minimum Gasteiger partial charge on any atom is -0.322 e. The van der Waals surface area contributed by atoms with Gasteiger partial charge in [-0.25, -0.2) is 5.84 Å². The summed E-state index contributed by atoms with van der Waals surface area (Å²) >= 11 is 0. The van der Waals surface area contributed by atoms with Crippen LogP contribution in [0.2, 0.25) is 0 Å². The maximum absolute atomic E-state index is 5.76. The van der Waals surface area contributed by atoms with Crippen molar-refractivity contribution in [2.45, 2.75) is 32.7 Å². The largest absolute Gasteiger partial charge is 0.322 e. The minimum absolute atomic E-state index is 0.311. The zero-order valence-corrected chi connectivity index (χ0v) is 7.12. The highest BCUT2D eigenvalue weighted by molar-refractivity contribution is 5.83. The SMILES string of the molecule is CC(C)/C(=N/N)N(N)C1CC1. The van der Waals surface area contributed by atoms with Crippen molar-refractivity contribution in [3.8, 4) is 0 Å². The van der Waals surface area contributed by atoms with Crippen LogP contribution in [-0.4, -0.2) is 16.9 Å². The molecule has 4 N–H and O–H groups in total. The molecule has 0 spiro atoms. The zero-order valence-electron chi connectivity index (χ0n) is 7.12. The molecule has 0 amide bonds. The van der Waals surface area contributed by atoms with Gasteiger partial charge in [0.05, 0.1) is 0 Å². The van der Waals surface area contributed by atoms with Crippen LogP contribution in [0, 0.1) is 5.92 Å². The summed E-state index contributed by atoms with van der Waals surface area (Å²) in [6, 6.07) is 0.486. The highest BCUT2D eigenvalue weighted by atomic mass is 15.5. The van der Waals surface area contributed by atoms with E-state index in [1.165, 1.54) is 12.8 Å². The van der Waals surface area contributed by atoms with Gasteiger partial charge in [-0.3, -0.25) is 5.01 Å². The molecule has 0 atom stereocenters. The van der Waals surface area contributed by atoms with Crippen molar-refractivity contribution < 1.29 is 0 Å². The van der Waals surface area contributed by atoms with Crippen LogP contribution in [0.1, 0.15) is 26.7 Å². The molecule has 0 aromatic carbocycles. The Bertz CT molecular complexity index is 160. The van der Waals surface area contributed by atoms with Gasteiger partial charge in [-0.2, -0.15) is 5.10 Å². The van der Waals surface area contributed by atoms with Crippen LogP contribution in [0.25, 0.3) is 0 Å². The van der Waals surface area contributed by atoms with Gasteiger partial charge >= 0.3 is 0 Å². The van der Waals surface area contributed by atoms with E-state index in [1.54, 1.807) is 5.01 Å². The van der Waals surface area contributed by atoms with E-state index in [4.69, 9.17) is 11.7 Å². The fourth-order valence-corrected chi connectivity index (χ4v) is 1.05. The first kappa shape index (κ1) is 8.33. The molecule has 1 fully saturated rings. The number of nitrogens with two attached hydrogens (primary N) is 2. The first-order chi connectivity index (χ1) is 5.16. The fourth-order valence-electron chi connectivity index (χ4n) is 1.05. The summed E-state index contributed by atoms with van der Waals surface area (Å²) in [6.45, 7) is 4.07. The lowest BCUT2D eigenvalue weighted by Gasteiger charge is -2.21. The number of hydrazone groups is 1. The average molecular weight is 156 g/mol. The molecular formula is C7H16N4. The van der Waals surface area contributed by atoms with E-state index >= 15 is 0 Å². The maximum atomic E-state index is 5.76. The number of hydrazine groups is 1. The standard InChI is InChI=1S/C7H16N4/c1-5(2)7(10-8)11(9)6-3-4-6/h5-6H,3-4,8-9H2,1-2H3/b10-7-. The summed E-state index contributed by atoms with van der Waals surface area (Å²) < 4.78 is 0. The Balaban J connectivity index is 2.53. The molecule has 1 aliphatic rings. The topological polar surface area (TPSA) is 67.6 Å². The first-order valence-corrected chi connectivity index (χ1v) is 3.98. The van der Waals surface area contributed by atoms with Crippen LogP contribution in [-0.2, 0) is 0 Å². The van der Waals surface area contributed by atoms with Gasteiger partial charge in [0, 0.05) is 12.0 Å². The molecule has 4 nitrogen and oxygen atoms in total. The van der Waals surface area contributed by atoms with E-state index < -0.39 is 0 Å². The smallest absolute Gasteiger partial charge is 0.141 e. The van der Waals surface area contributed by atoms with Crippen molar-refractivity contribution >= 4 is 5.84 Å². The van der Waals surface area contributed by atoms with Gasteiger partial charge in [0.2, 0.25) is 0 Å². The Hall–Kier alpha value is -0.770. The van der Waals surface area contributed by atoms with Crippen molar-refractivity contribution in [3.63, 3.8) is 0 Å². The molecule has 0 aromatic rings. The van der Waals surface area contributed by atoms with Crippen molar-refractivity contribution in [2.24, 2.45) is 22.7 Å². The Morgan fingerprint density at radius 1 is 1.55 bits per heavy atom. The number of nitrogens with zero attached hydrogens (tertiary/aromatic N) is 2. The average Bonchev–Trinajstić information content (AvgIpc) is 2.68. The van der Waals surface area contributed by atoms with Crippen molar-refractivity contribution in [1.29, 1.82) is 0 Å². The predicted octanol–water partition coefficient (Wildman–Crippen LogP) is 0.253. The maximum Gasteiger partial charge on any atom is 0.141 e. The van der Waals surface area contributed by atoms with Crippen LogP contribution in [0.3, 0.4) is 0 Å². The summed E-state index contributed by atoms with van der Waals surface area (Å²) in [5.74, 6) is 12.1. The van der Waals surface area contributed by atoms with Gasteiger partial charge in [0.15, 0.2) is 0 Å². The van der Waals surface area contributed by atoms with E-state index in [0.717, 1.165) is 5.84 Å². The molecule has 64 valence electrons. The highest BCUT2D eigenvalue weighted by Crippen LogP contribution is 2.25. The van der Waals surface area contributed by atoms with E-state index in [0.29, 0.717) is 12.0 Å². The highest BCUT2D eigenvalue weighted by Gasteiger charge is 2.30. The van der Waals surface area contributed by atoms with Crippen LogP contribution in [0.4, 0.5) is 0 Å². The van der Waals surface area contributed by atoms with Gasteiger partial charge < -0.3 is 5.84 Å². The van der Waals surface area contributed by atoms with Crippen molar-refractivity contribution in [2.75, 3.05) is 0 Å². The lowest BCUT2D eigenvalue weighted by atomic mass is 10.2. The van der Waals surface area contributed by atoms with Gasteiger partial charge in [-0.15, -0.1) is 0 Å². The first-order valence-electron chi connectivity index (χ1n) is 3.98. The second-order valence-corrected chi connectivity index (χ2v) is 3.28. The molecule has 0 aromatic heterocycles.